The molecule has 1 fully saturated rings. The molecule has 0 aliphatic carbocycles. The third-order valence-electron chi connectivity index (χ3n) is 3.66. The van der Waals surface area contributed by atoms with Gasteiger partial charge in [0.1, 0.15) is 0 Å². The van der Waals surface area contributed by atoms with Crippen LogP contribution in [0.2, 0.25) is 5.02 Å². The summed E-state index contributed by atoms with van der Waals surface area (Å²) in [5.74, 6) is 0.366. The highest BCUT2D eigenvalue weighted by molar-refractivity contribution is 6.31. The van der Waals surface area contributed by atoms with Gasteiger partial charge in [0.15, 0.2) is 0 Å². The number of piperidine rings is 1. The number of hydrogen-bond acceptors (Lipinski definition) is 2. The zero-order valence-corrected chi connectivity index (χ0v) is 13.3. The number of nitrogens with one attached hydrogen (secondary N) is 1. The molecule has 1 aromatic carbocycles. The molecule has 1 N–H and O–H groups in total. The van der Waals surface area contributed by atoms with Gasteiger partial charge in [0.05, 0.1) is 5.92 Å². The summed E-state index contributed by atoms with van der Waals surface area (Å²) in [6.45, 7) is 5.18. The Morgan fingerprint density at radius 2 is 2.20 bits per heavy atom. The standard InChI is InChI=1S/C15H21ClN2O.ClH/c1-2-18(11-13-6-3-4-8-14(13)16)15(19)12-7-5-9-17-10-12;/h3-4,6,8,12,17H,2,5,7,9-11H2,1H3;1H/t12-;/m1./s1. The van der Waals surface area contributed by atoms with Crippen molar-refractivity contribution in [1.82, 2.24) is 10.2 Å². The number of amides is 1. The zero-order chi connectivity index (χ0) is 13.7. The summed E-state index contributed by atoms with van der Waals surface area (Å²) < 4.78 is 0. The van der Waals surface area contributed by atoms with Crippen LogP contribution in [0, 0.1) is 5.92 Å². The largest absolute Gasteiger partial charge is 0.338 e. The molecule has 0 radical (unpaired) electrons. The fourth-order valence-electron chi connectivity index (χ4n) is 2.50. The monoisotopic (exact) mass is 316 g/mol. The first kappa shape index (κ1) is 17.3. The van der Waals surface area contributed by atoms with E-state index in [2.05, 4.69) is 5.32 Å². The van der Waals surface area contributed by atoms with Crippen LogP contribution in [0.3, 0.4) is 0 Å². The highest BCUT2D eigenvalue weighted by atomic mass is 35.5. The molecule has 1 saturated heterocycles. The van der Waals surface area contributed by atoms with Gasteiger partial charge < -0.3 is 10.2 Å². The molecule has 20 heavy (non-hydrogen) atoms. The molecule has 0 saturated carbocycles. The summed E-state index contributed by atoms with van der Waals surface area (Å²) in [6, 6.07) is 7.73. The van der Waals surface area contributed by atoms with Crippen molar-refractivity contribution in [2.75, 3.05) is 19.6 Å². The Hall–Kier alpha value is -0.770. The lowest BCUT2D eigenvalue weighted by atomic mass is 9.98. The zero-order valence-electron chi connectivity index (χ0n) is 11.8. The Morgan fingerprint density at radius 3 is 2.80 bits per heavy atom. The molecule has 3 nitrogen and oxygen atoms in total. The Labute approximate surface area is 132 Å². The van der Waals surface area contributed by atoms with Crippen LogP contribution in [0.4, 0.5) is 0 Å². The number of benzene rings is 1. The molecule has 0 bridgehead atoms. The summed E-state index contributed by atoms with van der Waals surface area (Å²) in [6.07, 6.45) is 2.07. The van der Waals surface area contributed by atoms with Crippen molar-refractivity contribution in [3.8, 4) is 0 Å². The molecule has 0 aromatic heterocycles. The Bertz CT molecular complexity index is 434. The second-order valence-electron chi connectivity index (χ2n) is 4.99. The van der Waals surface area contributed by atoms with E-state index in [0.29, 0.717) is 6.54 Å². The SMILES string of the molecule is CCN(Cc1ccccc1Cl)C(=O)[C@@H]1CCCNC1.Cl. The van der Waals surface area contributed by atoms with Gasteiger partial charge in [0.25, 0.3) is 0 Å². The van der Waals surface area contributed by atoms with E-state index >= 15 is 0 Å². The predicted octanol–water partition coefficient (Wildman–Crippen LogP) is 3.11. The highest BCUT2D eigenvalue weighted by Gasteiger charge is 2.25. The van der Waals surface area contributed by atoms with Crippen molar-refractivity contribution in [3.63, 3.8) is 0 Å². The van der Waals surface area contributed by atoms with Crippen molar-refractivity contribution in [3.05, 3.63) is 34.9 Å². The van der Waals surface area contributed by atoms with Crippen molar-refractivity contribution < 1.29 is 4.79 Å². The molecular weight excluding hydrogens is 295 g/mol. The lowest BCUT2D eigenvalue weighted by molar-refractivity contribution is -0.136. The van der Waals surface area contributed by atoms with E-state index in [1.807, 2.05) is 36.1 Å². The van der Waals surface area contributed by atoms with E-state index in [1.54, 1.807) is 0 Å². The van der Waals surface area contributed by atoms with Crippen molar-refractivity contribution in [1.29, 1.82) is 0 Å². The molecule has 112 valence electrons. The fourth-order valence-corrected chi connectivity index (χ4v) is 2.69. The van der Waals surface area contributed by atoms with E-state index in [4.69, 9.17) is 11.6 Å². The van der Waals surface area contributed by atoms with Gasteiger partial charge in [0, 0.05) is 24.7 Å². The van der Waals surface area contributed by atoms with Gasteiger partial charge in [-0.1, -0.05) is 29.8 Å². The van der Waals surface area contributed by atoms with Gasteiger partial charge in [-0.05, 0) is 37.9 Å². The normalized spacial score (nSPS) is 18.2. The first-order chi connectivity index (χ1) is 9.22. The number of carbonyl (C=O) groups is 1. The molecule has 1 atom stereocenters. The van der Waals surface area contributed by atoms with Crippen LogP contribution < -0.4 is 5.32 Å². The maximum absolute atomic E-state index is 12.5. The fraction of sp³-hybridized carbons (Fsp3) is 0.533. The summed E-state index contributed by atoms with van der Waals surface area (Å²) in [7, 11) is 0. The highest BCUT2D eigenvalue weighted by Crippen LogP contribution is 2.19. The Balaban J connectivity index is 0.00000200. The second kappa shape index (κ2) is 8.50. The lowest BCUT2D eigenvalue weighted by Crippen LogP contribution is -2.42. The van der Waals surface area contributed by atoms with Gasteiger partial charge in [-0.3, -0.25) is 4.79 Å². The van der Waals surface area contributed by atoms with E-state index < -0.39 is 0 Å². The smallest absolute Gasteiger partial charge is 0.227 e. The van der Waals surface area contributed by atoms with E-state index in [0.717, 1.165) is 43.1 Å². The van der Waals surface area contributed by atoms with Gasteiger partial charge in [-0.2, -0.15) is 0 Å². The third kappa shape index (κ3) is 4.37. The van der Waals surface area contributed by atoms with Crippen molar-refractivity contribution in [2.45, 2.75) is 26.3 Å². The minimum absolute atomic E-state index is 0. The van der Waals surface area contributed by atoms with Gasteiger partial charge >= 0.3 is 0 Å². The first-order valence-corrected chi connectivity index (χ1v) is 7.33. The number of nitrogens with zero attached hydrogens (tertiary/aromatic N) is 1. The van der Waals surface area contributed by atoms with Crippen LogP contribution >= 0.6 is 24.0 Å². The molecule has 1 heterocycles. The molecule has 1 aliphatic rings. The predicted molar refractivity (Wildman–Crippen MR) is 85.4 cm³/mol. The van der Waals surface area contributed by atoms with Crippen LogP contribution in [-0.4, -0.2) is 30.4 Å². The van der Waals surface area contributed by atoms with Crippen LogP contribution in [0.15, 0.2) is 24.3 Å². The maximum Gasteiger partial charge on any atom is 0.227 e. The van der Waals surface area contributed by atoms with Gasteiger partial charge in [-0.15, -0.1) is 12.4 Å². The molecular formula is C15H22Cl2N2O. The average molecular weight is 317 g/mol. The molecule has 1 aromatic rings. The molecule has 1 aliphatic heterocycles. The second-order valence-corrected chi connectivity index (χ2v) is 5.39. The van der Waals surface area contributed by atoms with Gasteiger partial charge in [-0.25, -0.2) is 0 Å². The van der Waals surface area contributed by atoms with Crippen LogP contribution in [-0.2, 0) is 11.3 Å². The Morgan fingerprint density at radius 1 is 1.45 bits per heavy atom. The van der Waals surface area contributed by atoms with E-state index in [1.165, 1.54) is 0 Å². The Kier molecular flexibility index (Phi) is 7.35. The topological polar surface area (TPSA) is 32.3 Å². The summed E-state index contributed by atoms with van der Waals surface area (Å²) in [4.78, 5) is 14.4. The van der Waals surface area contributed by atoms with Crippen molar-refractivity contribution >= 4 is 29.9 Å². The van der Waals surface area contributed by atoms with Gasteiger partial charge in [0.2, 0.25) is 5.91 Å². The minimum Gasteiger partial charge on any atom is -0.338 e. The molecule has 5 heteroatoms. The van der Waals surface area contributed by atoms with Crippen molar-refractivity contribution in [2.24, 2.45) is 5.92 Å². The average Bonchev–Trinajstić information content (AvgIpc) is 2.47. The third-order valence-corrected chi connectivity index (χ3v) is 4.03. The maximum atomic E-state index is 12.5. The summed E-state index contributed by atoms with van der Waals surface area (Å²) in [5, 5.41) is 4.03. The lowest BCUT2D eigenvalue weighted by Gasteiger charge is -2.29. The number of rotatable bonds is 4. The van der Waals surface area contributed by atoms with E-state index in [9.17, 15) is 4.79 Å². The molecule has 1 amide bonds. The summed E-state index contributed by atoms with van der Waals surface area (Å²) >= 11 is 6.17. The summed E-state index contributed by atoms with van der Waals surface area (Å²) in [5.41, 5.74) is 1.02. The molecule has 0 unspecified atom stereocenters. The van der Waals surface area contributed by atoms with Crippen LogP contribution in [0.1, 0.15) is 25.3 Å². The number of halogens is 2. The van der Waals surface area contributed by atoms with E-state index in [-0.39, 0.29) is 24.2 Å². The van der Waals surface area contributed by atoms with Crippen LogP contribution in [0.25, 0.3) is 0 Å². The first-order valence-electron chi connectivity index (χ1n) is 6.95. The quantitative estimate of drug-likeness (QED) is 0.925. The molecule has 2 rings (SSSR count). The number of hydrogen-bond donors (Lipinski definition) is 1. The minimum atomic E-state index is 0. The molecule has 0 spiro atoms. The van der Waals surface area contributed by atoms with Crippen LogP contribution in [0.5, 0.6) is 0 Å². The number of carbonyl (C=O) groups excluding carboxylic acids is 1.